The van der Waals surface area contributed by atoms with E-state index in [0.29, 0.717) is 18.7 Å². The molecule has 0 bridgehead atoms. The molecule has 1 heterocycles. The second-order valence-electron chi connectivity index (χ2n) is 6.24. The van der Waals surface area contributed by atoms with E-state index in [2.05, 4.69) is 6.92 Å². The lowest BCUT2D eigenvalue weighted by atomic mass is 9.77. The average Bonchev–Trinajstić information content (AvgIpc) is 2.50. The minimum absolute atomic E-state index is 0.0119. The Bertz CT molecular complexity index is 533. The summed E-state index contributed by atoms with van der Waals surface area (Å²) < 4.78 is 13.1. The molecule has 1 aliphatic heterocycles. The largest absolute Gasteiger partial charge is 0.396 e. The molecule has 1 fully saturated rings. The lowest BCUT2D eigenvalue weighted by Crippen LogP contribution is -2.48. The second kappa shape index (κ2) is 7.42. The molecule has 0 spiro atoms. The van der Waals surface area contributed by atoms with Crippen molar-refractivity contribution in [2.24, 2.45) is 5.41 Å². The van der Waals surface area contributed by atoms with E-state index in [1.54, 1.807) is 6.07 Å². The Labute approximate surface area is 136 Å². The molecule has 22 heavy (non-hydrogen) atoms. The lowest BCUT2D eigenvalue weighted by molar-refractivity contribution is -0.135. The normalized spacial score (nSPS) is 21.9. The lowest BCUT2D eigenvalue weighted by Gasteiger charge is -2.42. The zero-order valence-electron chi connectivity index (χ0n) is 12.9. The van der Waals surface area contributed by atoms with E-state index < -0.39 is 5.82 Å². The van der Waals surface area contributed by atoms with Gasteiger partial charge < -0.3 is 10.0 Å². The molecule has 1 aliphatic rings. The van der Waals surface area contributed by atoms with Crippen LogP contribution in [0.25, 0.3) is 0 Å². The number of aliphatic hydroxyl groups excluding tert-OH is 1. The molecule has 1 amide bonds. The Hall–Kier alpha value is -1.13. The standard InChI is InChI=1S/C17H23ClFNO2/c1-2-6-17(12-21)7-3-8-20(11-17)16(22)9-13-4-5-14(19)10-15(13)18/h4-5,10,21H,2-3,6-9,11-12H2,1H3/t17-/m0/s1. The van der Waals surface area contributed by atoms with E-state index in [9.17, 15) is 14.3 Å². The van der Waals surface area contributed by atoms with E-state index in [4.69, 9.17) is 11.6 Å². The molecule has 0 aromatic heterocycles. The number of piperidine rings is 1. The van der Waals surface area contributed by atoms with Crippen molar-refractivity contribution in [2.75, 3.05) is 19.7 Å². The molecule has 1 aromatic rings. The number of rotatable bonds is 5. The van der Waals surface area contributed by atoms with Crippen molar-refractivity contribution in [2.45, 2.75) is 39.0 Å². The Morgan fingerprint density at radius 1 is 1.50 bits per heavy atom. The fourth-order valence-electron chi connectivity index (χ4n) is 3.30. The van der Waals surface area contributed by atoms with Crippen molar-refractivity contribution in [1.82, 2.24) is 4.90 Å². The fourth-order valence-corrected chi connectivity index (χ4v) is 3.54. The van der Waals surface area contributed by atoms with Crippen LogP contribution in [0.5, 0.6) is 0 Å². The SMILES string of the molecule is CCC[C@]1(CO)CCCN(C(=O)Cc2ccc(F)cc2Cl)C1. The number of nitrogens with zero attached hydrogens (tertiary/aromatic N) is 1. The van der Waals surface area contributed by atoms with Crippen molar-refractivity contribution < 1.29 is 14.3 Å². The molecule has 0 saturated carbocycles. The molecule has 2 rings (SSSR count). The van der Waals surface area contributed by atoms with Crippen LogP contribution in [0.4, 0.5) is 4.39 Å². The van der Waals surface area contributed by atoms with Crippen molar-refractivity contribution in [3.8, 4) is 0 Å². The first-order valence-corrected chi connectivity index (χ1v) is 8.20. The quantitative estimate of drug-likeness (QED) is 0.900. The van der Waals surface area contributed by atoms with Gasteiger partial charge in [0, 0.05) is 23.5 Å². The highest BCUT2D eigenvalue weighted by molar-refractivity contribution is 6.31. The van der Waals surface area contributed by atoms with Crippen LogP contribution in [0.15, 0.2) is 18.2 Å². The first kappa shape index (κ1) is 17.2. The molecule has 0 unspecified atom stereocenters. The molecule has 3 nitrogen and oxygen atoms in total. The second-order valence-corrected chi connectivity index (χ2v) is 6.65. The summed E-state index contributed by atoms with van der Waals surface area (Å²) in [6.45, 7) is 3.51. The highest BCUT2D eigenvalue weighted by atomic mass is 35.5. The molecule has 1 saturated heterocycles. The molecule has 1 N–H and O–H groups in total. The molecule has 1 aromatic carbocycles. The maximum atomic E-state index is 13.1. The molecule has 0 aliphatic carbocycles. The minimum Gasteiger partial charge on any atom is -0.396 e. The zero-order valence-corrected chi connectivity index (χ0v) is 13.7. The summed E-state index contributed by atoms with van der Waals surface area (Å²) in [5, 5.41) is 10.0. The molecule has 5 heteroatoms. The van der Waals surface area contributed by atoms with Gasteiger partial charge in [0.2, 0.25) is 5.91 Å². The predicted molar refractivity (Wildman–Crippen MR) is 85.4 cm³/mol. The number of likely N-dealkylation sites (tertiary alicyclic amines) is 1. The van der Waals surface area contributed by atoms with Crippen molar-refractivity contribution in [3.05, 3.63) is 34.6 Å². The van der Waals surface area contributed by atoms with Crippen LogP contribution in [0, 0.1) is 11.2 Å². The molecule has 0 radical (unpaired) electrons. The number of aliphatic hydroxyl groups is 1. The number of carbonyl (C=O) groups excluding carboxylic acids is 1. The Morgan fingerprint density at radius 2 is 2.27 bits per heavy atom. The number of hydrogen-bond acceptors (Lipinski definition) is 2. The summed E-state index contributed by atoms with van der Waals surface area (Å²) in [5.41, 5.74) is 0.471. The summed E-state index contributed by atoms with van der Waals surface area (Å²) in [6.07, 6.45) is 3.95. The molecule has 122 valence electrons. The van der Waals surface area contributed by atoms with Gasteiger partial charge in [0.05, 0.1) is 13.0 Å². The maximum Gasteiger partial charge on any atom is 0.227 e. The monoisotopic (exact) mass is 327 g/mol. The zero-order chi connectivity index (χ0) is 16.2. The predicted octanol–water partition coefficient (Wildman–Crippen LogP) is 3.42. The summed E-state index contributed by atoms with van der Waals surface area (Å²) in [4.78, 5) is 14.3. The number of carbonyl (C=O) groups is 1. The third kappa shape index (κ3) is 3.99. The van der Waals surface area contributed by atoms with Crippen LogP contribution < -0.4 is 0 Å². The van der Waals surface area contributed by atoms with Crippen molar-refractivity contribution >= 4 is 17.5 Å². The van der Waals surface area contributed by atoms with Gasteiger partial charge in [-0.05, 0) is 37.0 Å². The van der Waals surface area contributed by atoms with Crippen LogP contribution in [-0.2, 0) is 11.2 Å². The van der Waals surface area contributed by atoms with Gasteiger partial charge in [0.1, 0.15) is 5.82 Å². The number of halogens is 2. The average molecular weight is 328 g/mol. The van der Waals surface area contributed by atoms with E-state index in [0.717, 1.165) is 25.7 Å². The van der Waals surface area contributed by atoms with Crippen LogP contribution in [0.3, 0.4) is 0 Å². The van der Waals surface area contributed by atoms with Crippen LogP contribution >= 0.6 is 11.6 Å². The Balaban J connectivity index is 2.05. The summed E-state index contributed by atoms with van der Waals surface area (Å²) >= 11 is 5.99. The Morgan fingerprint density at radius 3 is 2.91 bits per heavy atom. The first-order valence-electron chi connectivity index (χ1n) is 7.82. The molecular weight excluding hydrogens is 305 g/mol. The van der Waals surface area contributed by atoms with E-state index >= 15 is 0 Å². The highest BCUT2D eigenvalue weighted by Gasteiger charge is 2.35. The van der Waals surface area contributed by atoms with Gasteiger partial charge in [0.25, 0.3) is 0 Å². The minimum atomic E-state index is -0.401. The summed E-state index contributed by atoms with van der Waals surface area (Å²) in [5.74, 6) is -0.413. The molecular formula is C17H23ClFNO2. The van der Waals surface area contributed by atoms with Crippen LogP contribution in [0.2, 0.25) is 5.02 Å². The van der Waals surface area contributed by atoms with Gasteiger partial charge in [-0.25, -0.2) is 4.39 Å². The van der Waals surface area contributed by atoms with Gasteiger partial charge in [0.15, 0.2) is 0 Å². The van der Waals surface area contributed by atoms with Crippen molar-refractivity contribution in [1.29, 1.82) is 0 Å². The smallest absolute Gasteiger partial charge is 0.227 e. The third-order valence-electron chi connectivity index (χ3n) is 4.49. The number of hydrogen-bond donors (Lipinski definition) is 1. The van der Waals surface area contributed by atoms with Gasteiger partial charge in [-0.3, -0.25) is 4.79 Å². The maximum absolute atomic E-state index is 13.1. The van der Waals surface area contributed by atoms with E-state index in [-0.39, 0.29) is 29.4 Å². The van der Waals surface area contributed by atoms with Crippen molar-refractivity contribution in [3.63, 3.8) is 0 Å². The van der Waals surface area contributed by atoms with Crippen LogP contribution in [-0.4, -0.2) is 35.6 Å². The van der Waals surface area contributed by atoms with Gasteiger partial charge in [-0.1, -0.05) is 31.0 Å². The summed E-state index contributed by atoms with van der Waals surface area (Å²) in [6, 6.07) is 4.11. The fraction of sp³-hybridized carbons (Fsp3) is 0.588. The van der Waals surface area contributed by atoms with E-state index in [1.165, 1.54) is 12.1 Å². The topological polar surface area (TPSA) is 40.5 Å². The number of benzene rings is 1. The first-order chi connectivity index (χ1) is 10.5. The van der Waals surface area contributed by atoms with Gasteiger partial charge in [-0.2, -0.15) is 0 Å². The third-order valence-corrected chi connectivity index (χ3v) is 4.84. The van der Waals surface area contributed by atoms with Gasteiger partial charge in [-0.15, -0.1) is 0 Å². The summed E-state index contributed by atoms with van der Waals surface area (Å²) in [7, 11) is 0. The number of amides is 1. The highest BCUT2D eigenvalue weighted by Crippen LogP contribution is 2.34. The van der Waals surface area contributed by atoms with Gasteiger partial charge >= 0.3 is 0 Å². The molecule has 1 atom stereocenters. The Kier molecular flexibility index (Phi) is 5.81. The van der Waals surface area contributed by atoms with E-state index in [1.807, 2.05) is 4.90 Å². The van der Waals surface area contributed by atoms with Crippen LogP contribution in [0.1, 0.15) is 38.2 Å².